The number of hydrogen-bond acceptors (Lipinski definition) is 3. The van der Waals surface area contributed by atoms with Crippen LogP contribution in [0, 0.1) is 0 Å². The highest BCUT2D eigenvalue weighted by Crippen LogP contribution is 2.05. The minimum Gasteiger partial charge on any atom is -0.359 e. The summed E-state index contributed by atoms with van der Waals surface area (Å²) in [7, 11) is 3.25. The third-order valence-electron chi connectivity index (χ3n) is 3.23. The van der Waals surface area contributed by atoms with Crippen LogP contribution in [0.2, 0.25) is 0 Å². The molecule has 0 aliphatic rings. The van der Waals surface area contributed by atoms with Gasteiger partial charge in [-0.05, 0) is 18.4 Å². The maximum atomic E-state index is 12.0. The van der Waals surface area contributed by atoms with Crippen LogP contribution in [0.5, 0.6) is 0 Å². The number of likely N-dealkylation sites (N-methyl/N-ethyl adjacent to an activating group) is 1. The van der Waals surface area contributed by atoms with Crippen LogP contribution in [0.15, 0.2) is 30.3 Å². The van der Waals surface area contributed by atoms with Gasteiger partial charge in [0, 0.05) is 27.1 Å². The van der Waals surface area contributed by atoms with E-state index in [1.165, 1.54) is 10.5 Å². The van der Waals surface area contributed by atoms with Crippen molar-refractivity contribution in [2.45, 2.75) is 25.3 Å². The molecule has 2 amide bonds. The Morgan fingerprint density at radius 3 is 2.55 bits per heavy atom. The zero-order chi connectivity index (χ0) is 15.0. The highest BCUT2D eigenvalue weighted by Gasteiger charge is 2.18. The van der Waals surface area contributed by atoms with E-state index in [0.717, 1.165) is 6.42 Å². The molecule has 0 fully saturated rings. The monoisotopic (exact) mass is 277 g/mol. The van der Waals surface area contributed by atoms with Crippen LogP contribution in [0.25, 0.3) is 0 Å². The summed E-state index contributed by atoms with van der Waals surface area (Å²) in [5.41, 5.74) is 7.08. The molecule has 5 heteroatoms. The lowest BCUT2D eigenvalue weighted by molar-refractivity contribution is -0.132. The zero-order valence-corrected chi connectivity index (χ0v) is 12.1. The number of rotatable bonds is 7. The lowest BCUT2D eigenvalue weighted by Crippen LogP contribution is -2.43. The molecule has 0 heterocycles. The summed E-state index contributed by atoms with van der Waals surface area (Å²) in [4.78, 5) is 24.7. The summed E-state index contributed by atoms with van der Waals surface area (Å²) < 4.78 is 0. The summed E-state index contributed by atoms with van der Waals surface area (Å²) in [6.07, 6.45) is 1.67. The van der Waals surface area contributed by atoms with E-state index in [4.69, 9.17) is 5.73 Å². The number of nitrogens with two attached hydrogens (primary N) is 1. The van der Waals surface area contributed by atoms with Gasteiger partial charge in [0.1, 0.15) is 0 Å². The number of benzene rings is 1. The number of carbonyl (C=O) groups excluding carboxylic acids is 2. The average molecular weight is 277 g/mol. The smallest absolute Gasteiger partial charge is 0.239 e. The van der Waals surface area contributed by atoms with Crippen molar-refractivity contribution in [1.29, 1.82) is 0 Å². The fourth-order valence-corrected chi connectivity index (χ4v) is 1.88. The van der Waals surface area contributed by atoms with Gasteiger partial charge in [-0.25, -0.2) is 0 Å². The van der Waals surface area contributed by atoms with Crippen molar-refractivity contribution in [3.05, 3.63) is 35.9 Å². The molecular weight excluding hydrogens is 254 g/mol. The normalized spacial score (nSPS) is 11.8. The van der Waals surface area contributed by atoms with Gasteiger partial charge in [0.25, 0.3) is 0 Å². The van der Waals surface area contributed by atoms with Gasteiger partial charge >= 0.3 is 0 Å². The summed E-state index contributed by atoms with van der Waals surface area (Å²) in [6.45, 7) is 0.386. The van der Waals surface area contributed by atoms with Crippen LogP contribution in [-0.4, -0.2) is 43.4 Å². The number of carbonyl (C=O) groups is 2. The summed E-state index contributed by atoms with van der Waals surface area (Å²) in [5, 5.41) is 2.53. The van der Waals surface area contributed by atoms with Crippen LogP contribution in [-0.2, 0) is 16.0 Å². The van der Waals surface area contributed by atoms with Gasteiger partial charge in [-0.1, -0.05) is 30.3 Å². The van der Waals surface area contributed by atoms with E-state index in [2.05, 4.69) is 5.32 Å². The van der Waals surface area contributed by atoms with Crippen molar-refractivity contribution in [3.8, 4) is 0 Å². The predicted molar refractivity (Wildman–Crippen MR) is 79.1 cm³/mol. The Kier molecular flexibility index (Phi) is 6.73. The molecule has 1 aromatic carbocycles. The molecule has 0 saturated heterocycles. The fraction of sp³-hybridized carbons (Fsp3) is 0.467. The third kappa shape index (κ3) is 5.40. The lowest BCUT2D eigenvalue weighted by Gasteiger charge is -2.21. The Morgan fingerprint density at radius 1 is 1.30 bits per heavy atom. The van der Waals surface area contributed by atoms with E-state index >= 15 is 0 Å². The quantitative estimate of drug-likeness (QED) is 0.764. The first-order chi connectivity index (χ1) is 9.54. The first-order valence-corrected chi connectivity index (χ1v) is 6.79. The summed E-state index contributed by atoms with van der Waals surface area (Å²) in [5.74, 6) is -0.202. The molecule has 0 spiro atoms. The van der Waals surface area contributed by atoms with E-state index in [1.807, 2.05) is 30.3 Å². The van der Waals surface area contributed by atoms with E-state index in [1.54, 1.807) is 14.1 Å². The van der Waals surface area contributed by atoms with Gasteiger partial charge in [0.15, 0.2) is 0 Å². The molecule has 110 valence electrons. The van der Waals surface area contributed by atoms with Gasteiger partial charge in [-0.3, -0.25) is 9.59 Å². The molecule has 3 N–H and O–H groups in total. The average Bonchev–Trinajstić information content (AvgIpc) is 2.49. The zero-order valence-electron chi connectivity index (χ0n) is 12.1. The maximum Gasteiger partial charge on any atom is 0.239 e. The summed E-state index contributed by atoms with van der Waals surface area (Å²) >= 11 is 0. The molecule has 0 aliphatic carbocycles. The van der Waals surface area contributed by atoms with E-state index in [9.17, 15) is 9.59 Å². The number of amides is 2. The second kappa shape index (κ2) is 8.32. The van der Waals surface area contributed by atoms with Crippen molar-refractivity contribution >= 4 is 11.8 Å². The van der Waals surface area contributed by atoms with Crippen LogP contribution in [0.3, 0.4) is 0 Å². The standard InChI is InChI=1S/C15H23N3O2/c1-17-14(19)10-11-18(2)15(20)13(16)9-8-12-6-4-3-5-7-12/h3-7,13H,8-11,16H2,1-2H3,(H,17,19)/t13-/m0/s1. The Bertz CT molecular complexity index is 434. The molecule has 1 rings (SSSR count). The Hall–Kier alpha value is -1.88. The number of hydrogen-bond donors (Lipinski definition) is 2. The number of nitrogens with zero attached hydrogens (tertiary/aromatic N) is 1. The van der Waals surface area contributed by atoms with Crippen molar-refractivity contribution < 1.29 is 9.59 Å². The van der Waals surface area contributed by atoms with Gasteiger partial charge in [0.05, 0.1) is 6.04 Å². The number of nitrogens with one attached hydrogen (secondary N) is 1. The van der Waals surface area contributed by atoms with E-state index in [-0.39, 0.29) is 11.8 Å². The third-order valence-corrected chi connectivity index (χ3v) is 3.23. The van der Waals surface area contributed by atoms with Gasteiger partial charge < -0.3 is 16.0 Å². The van der Waals surface area contributed by atoms with Crippen molar-refractivity contribution in [1.82, 2.24) is 10.2 Å². The Balaban J connectivity index is 2.36. The van der Waals surface area contributed by atoms with Gasteiger partial charge in [-0.15, -0.1) is 0 Å². The van der Waals surface area contributed by atoms with Gasteiger partial charge in [-0.2, -0.15) is 0 Å². The van der Waals surface area contributed by atoms with Gasteiger partial charge in [0.2, 0.25) is 11.8 Å². The minimum absolute atomic E-state index is 0.0810. The van der Waals surface area contributed by atoms with E-state index < -0.39 is 6.04 Å². The van der Waals surface area contributed by atoms with E-state index in [0.29, 0.717) is 19.4 Å². The van der Waals surface area contributed by atoms with Crippen molar-refractivity contribution in [3.63, 3.8) is 0 Å². The second-order valence-corrected chi connectivity index (χ2v) is 4.81. The van der Waals surface area contributed by atoms with Crippen LogP contribution >= 0.6 is 0 Å². The van der Waals surface area contributed by atoms with Crippen LogP contribution < -0.4 is 11.1 Å². The molecule has 0 radical (unpaired) electrons. The van der Waals surface area contributed by atoms with Crippen molar-refractivity contribution in [2.24, 2.45) is 5.73 Å². The molecule has 0 bridgehead atoms. The first-order valence-electron chi connectivity index (χ1n) is 6.79. The van der Waals surface area contributed by atoms with Crippen LogP contribution in [0.1, 0.15) is 18.4 Å². The SMILES string of the molecule is CNC(=O)CCN(C)C(=O)[C@@H](N)CCc1ccccc1. The fourth-order valence-electron chi connectivity index (χ4n) is 1.88. The highest BCUT2D eigenvalue weighted by molar-refractivity contribution is 5.82. The molecule has 5 nitrogen and oxygen atoms in total. The topological polar surface area (TPSA) is 75.4 Å². The summed E-state index contributed by atoms with van der Waals surface area (Å²) in [6, 6.07) is 9.42. The molecule has 0 aromatic heterocycles. The second-order valence-electron chi connectivity index (χ2n) is 4.81. The minimum atomic E-state index is -0.523. The molecule has 0 unspecified atom stereocenters. The Labute approximate surface area is 120 Å². The maximum absolute atomic E-state index is 12.0. The molecule has 20 heavy (non-hydrogen) atoms. The molecule has 0 aliphatic heterocycles. The molecule has 1 atom stereocenters. The number of aryl methyl sites for hydroxylation is 1. The van der Waals surface area contributed by atoms with Crippen LogP contribution in [0.4, 0.5) is 0 Å². The molecule has 0 saturated carbocycles. The van der Waals surface area contributed by atoms with Crippen molar-refractivity contribution in [2.75, 3.05) is 20.6 Å². The Morgan fingerprint density at radius 2 is 1.95 bits per heavy atom. The molecular formula is C15H23N3O2. The predicted octanol–water partition coefficient (Wildman–Crippen LogP) is 0.541. The largest absolute Gasteiger partial charge is 0.359 e. The lowest BCUT2D eigenvalue weighted by atomic mass is 10.1. The first kappa shape index (κ1) is 16.2. The highest BCUT2D eigenvalue weighted by atomic mass is 16.2. The molecule has 1 aromatic rings.